The van der Waals surface area contributed by atoms with E-state index in [0.29, 0.717) is 11.3 Å². The van der Waals surface area contributed by atoms with Crippen molar-refractivity contribution in [3.05, 3.63) is 58.5 Å². The standard InChI is InChI=1S/C13H8BrClO2/c14-10-5-3-9(4-6-10)12(13(15)16)8-11-2-1-7-17-11/h1-8H. The van der Waals surface area contributed by atoms with E-state index in [0.717, 1.165) is 10.0 Å². The van der Waals surface area contributed by atoms with E-state index in [9.17, 15) is 4.79 Å². The molecule has 0 N–H and O–H groups in total. The lowest BCUT2D eigenvalue weighted by atomic mass is 10.1. The molecule has 0 saturated heterocycles. The van der Waals surface area contributed by atoms with Gasteiger partial charge < -0.3 is 4.42 Å². The molecule has 1 heterocycles. The van der Waals surface area contributed by atoms with Crippen molar-refractivity contribution in [2.45, 2.75) is 0 Å². The van der Waals surface area contributed by atoms with E-state index in [2.05, 4.69) is 15.9 Å². The second kappa shape index (κ2) is 5.34. The van der Waals surface area contributed by atoms with Crippen LogP contribution in [0.25, 0.3) is 11.6 Å². The Morgan fingerprint density at radius 3 is 2.47 bits per heavy atom. The summed E-state index contributed by atoms with van der Waals surface area (Å²) >= 11 is 8.91. The van der Waals surface area contributed by atoms with Gasteiger partial charge in [0, 0.05) is 10.0 Å². The molecule has 0 saturated carbocycles. The third-order valence-electron chi connectivity index (χ3n) is 2.20. The fourth-order valence-electron chi connectivity index (χ4n) is 1.40. The predicted molar refractivity (Wildman–Crippen MR) is 71.6 cm³/mol. The minimum absolute atomic E-state index is 0.411. The van der Waals surface area contributed by atoms with Gasteiger partial charge in [-0.25, -0.2) is 0 Å². The van der Waals surface area contributed by atoms with Crippen LogP contribution in [0, 0.1) is 0 Å². The lowest BCUT2D eigenvalue weighted by Gasteiger charge is -2.02. The van der Waals surface area contributed by atoms with E-state index in [-0.39, 0.29) is 0 Å². The zero-order chi connectivity index (χ0) is 12.3. The summed E-state index contributed by atoms with van der Waals surface area (Å²) in [5, 5.41) is -0.510. The normalized spacial score (nSPS) is 11.5. The monoisotopic (exact) mass is 310 g/mol. The smallest absolute Gasteiger partial charge is 0.253 e. The van der Waals surface area contributed by atoms with Crippen molar-refractivity contribution < 1.29 is 9.21 Å². The molecule has 2 rings (SSSR count). The van der Waals surface area contributed by atoms with Crippen LogP contribution in [0.1, 0.15) is 11.3 Å². The Balaban J connectivity index is 2.43. The van der Waals surface area contributed by atoms with Gasteiger partial charge in [-0.2, -0.15) is 0 Å². The highest BCUT2D eigenvalue weighted by atomic mass is 79.9. The van der Waals surface area contributed by atoms with Crippen LogP contribution in [-0.4, -0.2) is 5.24 Å². The number of hydrogen-bond donors (Lipinski definition) is 0. The van der Waals surface area contributed by atoms with E-state index in [1.165, 1.54) is 0 Å². The van der Waals surface area contributed by atoms with Gasteiger partial charge >= 0.3 is 0 Å². The summed E-state index contributed by atoms with van der Waals surface area (Å²) in [7, 11) is 0. The van der Waals surface area contributed by atoms with Crippen LogP contribution in [0.2, 0.25) is 0 Å². The van der Waals surface area contributed by atoms with Gasteiger partial charge in [-0.15, -0.1) is 0 Å². The zero-order valence-corrected chi connectivity index (χ0v) is 11.0. The van der Waals surface area contributed by atoms with Gasteiger partial charge in [0.1, 0.15) is 5.76 Å². The molecule has 0 atom stereocenters. The number of carbonyl (C=O) groups is 1. The minimum atomic E-state index is -0.510. The first-order chi connectivity index (χ1) is 8.16. The molecule has 0 aliphatic heterocycles. The third-order valence-corrected chi connectivity index (χ3v) is 2.93. The maximum Gasteiger partial charge on any atom is 0.253 e. The maximum absolute atomic E-state index is 11.4. The summed E-state index contributed by atoms with van der Waals surface area (Å²) in [5.74, 6) is 0.594. The van der Waals surface area contributed by atoms with Gasteiger partial charge in [-0.1, -0.05) is 28.1 Å². The fourth-order valence-corrected chi connectivity index (χ4v) is 1.83. The fraction of sp³-hybridized carbons (Fsp3) is 0. The van der Waals surface area contributed by atoms with E-state index in [1.54, 1.807) is 24.5 Å². The van der Waals surface area contributed by atoms with Crippen LogP contribution in [0.5, 0.6) is 0 Å². The molecule has 17 heavy (non-hydrogen) atoms. The van der Waals surface area contributed by atoms with Gasteiger partial charge in [0.05, 0.1) is 6.26 Å². The average molecular weight is 312 g/mol. The Hall–Kier alpha value is -1.32. The van der Waals surface area contributed by atoms with E-state index >= 15 is 0 Å². The van der Waals surface area contributed by atoms with Gasteiger partial charge in [0.2, 0.25) is 0 Å². The SMILES string of the molecule is O=C(Cl)C(=Cc1ccco1)c1ccc(Br)cc1. The highest BCUT2D eigenvalue weighted by molar-refractivity contribution is 9.10. The first kappa shape index (κ1) is 12.1. The van der Waals surface area contributed by atoms with Gasteiger partial charge in [-0.3, -0.25) is 4.79 Å². The number of allylic oxidation sites excluding steroid dienone is 1. The minimum Gasteiger partial charge on any atom is -0.465 e. The predicted octanol–water partition coefficient (Wildman–Crippen LogP) is 4.35. The molecule has 0 aliphatic rings. The third kappa shape index (κ3) is 3.08. The second-order valence-electron chi connectivity index (χ2n) is 3.35. The Labute approximate surface area is 112 Å². The summed E-state index contributed by atoms with van der Waals surface area (Å²) in [4.78, 5) is 11.4. The van der Waals surface area contributed by atoms with Gasteiger partial charge in [0.15, 0.2) is 0 Å². The molecule has 0 fully saturated rings. The summed E-state index contributed by atoms with van der Waals surface area (Å²) in [5.41, 5.74) is 1.17. The second-order valence-corrected chi connectivity index (χ2v) is 4.61. The van der Waals surface area contributed by atoms with Crippen LogP contribution in [0.15, 0.2) is 51.6 Å². The molecular weight excluding hydrogens is 303 g/mol. The summed E-state index contributed by atoms with van der Waals surface area (Å²) in [6, 6.07) is 10.9. The lowest BCUT2D eigenvalue weighted by Crippen LogP contribution is -1.92. The van der Waals surface area contributed by atoms with Crippen LogP contribution in [0.3, 0.4) is 0 Å². The van der Waals surface area contributed by atoms with Crippen molar-refractivity contribution in [2.75, 3.05) is 0 Å². The summed E-state index contributed by atoms with van der Waals surface area (Å²) in [6.07, 6.45) is 3.17. The largest absolute Gasteiger partial charge is 0.465 e. The quantitative estimate of drug-likeness (QED) is 0.623. The molecule has 0 spiro atoms. The molecule has 86 valence electrons. The maximum atomic E-state index is 11.4. The number of hydrogen-bond acceptors (Lipinski definition) is 2. The molecule has 0 amide bonds. The van der Waals surface area contributed by atoms with Crippen molar-refractivity contribution >= 4 is 44.4 Å². The topological polar surface area (TPSA) is 30.2 Å². The molecule has 1 aromatic carbocycles. The number of furan rings is 1. The van der Waals surface area contributed by atoms with Crippen molar-refractivity contribution in [1.82, 2.24) is 0 Å². The summed E-state index contributed by atoms with van der Waals surface area (Å²) in [6.45, 7) is 0. The molecule has 2 aromatic rings. The van der Waals surface area contributed by atoms with Crippen molar-refractivity contribution in [3.8, 4) is 0 Å². The first-order valence-corrected chi connectivity index (χ1v) is 6.05. The van der Waals surface area contributed by atoms with Crippen LogP contribution in [0.4, 0.5) is 0 Å². The average Bonchev–Trinajstić information content (AvgIpc) is 2.80. The molecule has 2 nitrogen and oxygen atoms in total. The van der Waals surface area contributed by atoms with Gasteiger partial charge in [0.25, 0.3) is 5.24 Å². The highest BCUT2D eigenvalue weighted by Crippen LogP contribution is 2.22. The van der Waals surface area contributed by atoms with Crippen molar-refractivity contribution in [1.29, 1.82) is 0 Å². The van der Waals surface area contributed by atoms with Gasteiger partial charge in [-0.05, 0) is 47.5 Å². The molecule has 0 unspecified atom stereocenters. The Bertz CT molecular complexity index is 541. The molecular formula is C13H8BrClO2. The van der Waals surface area contributed by atoms with E-state index < -0.39 is 5.24 Å². The van der Waals surface area contributed by atoms with E-state index in [4.69, 9.17) is 16.0 Å². The summed E-state index contributed by atoms with van der Waals surface area (Å²) < 4.78 is 6.11. The number of benzene rings is 1. The Kier molecular flexibility index (Phi) is 3.82. The Morgan fingerprint density at radius 2 is 1.94 bits per heavy atom. The number of rotatable bonds is 3. The number of carbonyl (C=O) groups excluding carboxylic acids is 1. The van der Waals surface area contributed by atoms with Crippen LogP contribution >= 0.6 is 27.5 Å². The van der Waals surface area contributed by atoms with Crippen molar-refractivity contribution in [3.63, 3.8) is 0 Å². The molecule has 0 aliphatic carbocycles. The van der Waals surface area contributed by atoms with Crippen LogP contribution < -0.4 is 0 Å². The zero-order valence-electron chi connectivity index (χ0n) is 8.69. The van der Waals surface area contributed by atoms with Crippen LogP contribution in [-0.2, 0) is 4.79 Å². The molecule has 4 heteroatoms. The lowest BCUT2D eigenvalue weighted by molar-refractivity contribution is -0.106. The highest BCUT2D eigenvalue weighted by Gasteiger charge is 2.10. The number of halogens is 2. The van der Waals surface area contributed by atoms with Crippen molar-refractivity contribution in [2.24, 2.45) is 0 Å². The molecule has 0 bridgehead atoms. The Morgan fingerprint density at radius 1 is 1.24 bits per heavy atom. The van der Waals surface area contributed by atoms with E-state index in [1.807, 2.05) is 24.3 Å². The first-order valence-electron chi connectivity index (χ1n) is 4.88. The molecule has 0 radical (unpaired) electrons. The molecule has 1 aromatic heterocycles.